The molecule has 2 aromatic heterocycles. The number of halogens is 3. The zero-order chi connectivity index (χ0) is 20.8. The van der Waals surface area contributed by atoms with Gasteiger partial charge in [0.05, 0.1) is 22.6 Å². The minimum absolute atomic E-state index is 0.123. The second-order valence-electron chi connectivity index (χ2n) is 7.32. The molecule has 1 aromatic carbocycles. The first-order valence-corrected chi connectivity index (χ1v) is 9.48. The van der Waals surface area contributed by atoms with Crippen LogP contribution in [0, 0.1) is 5.92 Å². The Kier molecular flexibility index (Phi) is 4.71. The number of nitrogens with one attached hydrogen (secondary N) is 1. The second kappa shape index (κ2) is 7.09. The van der Waals surface area contributed by atoms with Crippen LogP contribution in [-0.2, 0) is 12.7 Å². The van der Waals surface area contributed by atoms with Gasteiger partial charge in [-0.3, -0.25) is 0 Å². The maximum Gasteiger partial charge on any atom is 0.418 e. The van der Waals surface area contributed by atoms with Gasteiger partial charge in [0.25, 0.3) is 0 Å². The van der Waals surface area contributed by atoms with Crippen molar-refractivity contribution < 1.29 is 13.2 Å². The number of nitrogen functional groups attached to an aromatic ring is 2. The van der Waals surface area contributed by atoms with E-state index in [0.717, 1.165) is 18.9 Å². The number of nitrogens with two attached hydrogens (primary N) is 2. The topological polar surface area (TPSA) is 108 Å². The number of imidazole rings is 1. The Balaban J connectivity index is 1.83. The SMILES string of the molecule is CC[C@H](Nc1ncnc(N)c1N)c1nc2cccc(C(F)(F)F)c2n1CC1CC1. The van der Waals surface area contributed by atoms with Crippen molar-refractivity contribution in [1.82, 2.24) is 19.5 Å². The predicted molar refractivity (Wildman–Crippen MR) is 105 cm³/mol. The Morgan fingerprint density at radius 2 is 2.00 bits per heavy atom. The lowest BCUT2D eigenvalue weighted by molar-refractivity contribution is -0.136. The molecular weight excluding hydrogens is 383 g/mol. The molecule has 0 saturated heterocycles. The molecule has 1 aliphatic rings. The third kappa shape index (κ3) is 3.66. The fourth-order valence-corrected chi connectivity index (χ4v) is 3.48. The normalized spacial score (nSPS) is 15.6. The highest BCUT2D eigenvalue weighted by Crippen LogP contribution is 2.39. The molecule has 5 N–H and O–H groups in total. The van der Waals surface area contributed by atoms with Crippen LogP contribution in [0.15, 0.2) is 24.5 Å². The van der Waals surface area contributed by atoms with Crippen molar-refractivity contribution in [1.29, 1.82) is 0 Å². The average molecular weight is 405 g/mol. The van der Waals surface area contributed by atoms with Crippen LogP contribution in [0.1, 0.15) is 43.6 Å². The Bertz CT molecular complexity index is 1040. The summed E-state index contributed by atoms with van der Waals surface area (Å²) < 4.78 is 42.8. The summed E-state index contributed by atoms with van der Waals surface area (Å²) in [5.74, 6) is 1.38. The Hall–Kier alpha value is -3.04. The molecule has 1 aliphatic carbocycles. The molecule has 1 fully saturated rings. The Morgan fingerprint density at radius 1 is 1.24 bits per heavy atom. The van der Waals surface area contributed by atoms with E-state index in [1.807, 2.05) is 6.92 Å². The van der Waals surface area contributed by atoms with E-state index < -0.39 is 11.7 Å². The average Bonchev–Trinajstić information content (AvgIpc) is 3.42. The number of hydrogen-bond acceptors (Lipinski definition) is 6. The number of fused-ring (bicyclic) bond motifs is 1. The highest BCUT2D eigenvalue weighted by Gasteiger charge is 2.36. The van der Waals surface area contributed by atoms with Gasteiger partial charge in [-0.1, -0.05) is 13.0 Å². The molecule has 1 saturated carbocycles. The summed E-state index contributed by atoms with van der Waals surface area (Å²) in [5.41, 5.74) is 11.7. The van der Waals surface area contributed by atoms with Crippen LogP contribution < -0.4 is 16.8 Å². The van der Waals surface area contributed by atoms with Crippen molar-refractivity contribution >= 4 is 28.4 Å². The van der Waals surface area contributed by atoms with Crippen molar-refractivity contribution in [3.8, 4) is 0 Å². The van der Waals surface area contributed by atoms with Gasteiger partial charge in [-0.2, -0.15) is 13.2 Å². The molecule has 0 aliphatic heterocycles. The molecule has 2 heterocycles. The van der Waals surface area contributed by atoms with Gasteiger partial charge >= 0.3 is 6.18 Å². The summed E-state index contributed by atoms with van der Waals surface area (Å²) in [6.07, 6.45) is -0.590. The lowest BCUT2D eigenvalue weighted by Gasteiger charge is -2.21. The lowest BCUT2D eigenvalue weighted by atomic mass is 10.1. The molecule has 0 unspecified atom stereocenters. The van der Waals surface area contributed by atoms with Crippen molar-refractivity contribution in [2.75, 3.05) is 16.8 Å². The molecule has 0 spiro atoms. The quantitative estimate of drug-likeness (QED) is 0.572. The Labute approximate surface area is 165 Å². The number of alkyl halides is 3. The highest BCUT2D eigenvalue weighted by molar-refractivity contribution is 5.81. The zero-order valence-electron chi connectivity index (χ0n) is 15.9. The standard InChI is InChI=1S/C19H22F3N7/c1-2-12(27-17-14(23)16(24)25-9-26-17)18-28-13-5-3-4-11(19(20,21)22)15(13)29(18)8-10-6-7-10/h3-5,9-10,12H,2,6-8,23H2,1H3,(H3,24,25,26,27)/t12-/m0/s1. The number of hydrogen-bond donors (Lipinski definition) is 3. The molecule has 4 rings (SSSR count). The van der Waals surface area contributed by atoms with E-state index >= 15 is 0 Å². The number of benzene rings is 1. The number of nitrogens with zero attached hydrogens (tertiary/aromatic N) is 4. The monoisotopic (exact) mass is 405 g/mol. The van der Waals surface area contributed by atoms with Gasteiger partial charge in [-0.15, -0.1) is 0 Å². The molecular formula is C19H22F3N7. The minimum atomic E-state index is -4.46. The van der Waals surface area contributed by atoms with E-state index in [-0.39, 0.29) is 23.1 Å². The first-order chi connectivity index (χ1) is 13.8. The summed E-state index contributed by atoms with van der Waals surface area (Å²) in [5, 5.41) is 3.19. The maximum atomic E-state index is 13.7. The van der Waals surface area contributed by atoms with Gasteiger partial charge in [-0.25, -0.2) is 15.0 Å². The van der Waals surface area contributed by atoms with E-state index in [9.17, 15) is 13.2 Å². The summed E-state index contributed by atoms with van der Waals surface area (Å²) in [6, 6.07) is 3.72. The van der Waals surface area contributed by atoms with E-state index in [4.69, 9.17) is 11.5 Å². The number of anilines is 3. The van der Waals surface area contributed by atoms with Crippen LogP contribution in [0.4, 0.5) is 30.5 Å². The van der Waals surface area contributed by atoms with Crippen molar-refractivity contribution in [2.45, 2.75) is 44.9 Å². The first kappa shape index (κ1) is 19.3. The molecule has 29 heavy (non-hydrogen) atoms. The fraction of sp³-hybridized carbons (Fsp3) is 0.421. The summed E-state index contributed by atoms with van der Waals surface area (Å²) >= 11 is 0. The van der Waals surface area contributed by atoms with Crippen LogP contribution in [-0.4, -0.2) is 19.5 Å². The summed E-state index contributed by atoms with van der Waals surface area (Å²) in [7, 11) is 0. The first-order valence-electron chi connectivity index (χ1n) is 9.48. The maximum absolute atomic E-state index is 13.7. The summed E-state index contributed by atoms with van der Waals surface area (Å²) in [6.45, 7) is 2.42. The molecule has 7 nitrogen and oxygen atoms in total. The van der Waals surface area contributed by atoms with E-state index in [0.29, 0.717) is 36.0 Å². The molecule has 154 valence electrons. The Morgan fingerprint density at radius 3 is 2.66 bits per heavy atom. The third-order valence-corrected chi connectivity index (χ3v) is 5.18. The van der Waals surface area contributed by atoms with Crippen LogP contribution in [0.3, 0.4) is 0 Å². The smallest absolute Gasteiger partial charge is 0.393 e. The highest BCUT2D eigenvalue weighted by atomic mass is 19.4. The second-order valence-corrected chi connectivity index (χ2v) is 7.32. The van der Waals surface area contributed by atoms with Gasteiger partial charge in [0.1, 0.15) is 17.8 Å². The van der Waals surface area contributed by atoms with Crippen molar-refractivity contribution in [2.24, 2.45) is 5.92 Å². The van der Waals surface area contributed by atoms with Crippen LogP contribution in [0.25, 0.3) is 11.0 Å². The van der Waals surface area contributed by atoms with Crippen molar-refractivity contribution in [3.05, 3.63) is 35.9 Å². The lowest BCUT2D eigenvalue weighted by Crippen LogP contribution is -2.19. The van der Waals surface area contributed by atoms with Crippen LogP contribution in [0.5, 0.6) is 0 Å². The van der Waals surface area contributed by atoms with Gasteiger partial charge in [0, 0.05) is 6.54 Å². The van der Waals surface area contributed by atoms with E-state index in [1.54, 1.807) is 10.6 Å². The largest absolute Gasteiger partial charge is 0.418 e. The number of aromatic nitrogens is 4. The van der Waals surface area contributed by atoms with E-state index in [1.165, 1.54) is 12.4 Å². The molecule has 0 amide bonds. The van der Waals surface area contributed by atoms with Gasteiger partial charge < -0.3 is 21.4 Å². The van der Waals surface area contributed by atoms with Crippen LogP contribution >= 0.6 is 0 Å². The van der Waals surface area contributed by atoms with Gasteiger partial charge in [-0.05, 0) is 37.3 Å². The zero-order valence-corrected chi connectivity index (χ0v) is 15.9. The molecule has 3 aromatic rings. The number of para-hydroxylation sites is 1. The van der Waals surface area contributed by atoms with Gasteiger partial charge in [0.2, 0.25) is 0 Å². The van der Waals surface area contributed by atoms with Crippen LogP contribution in [0.2, 0.25) is 0 Å². The summed E-state index contributed by atoms with van der Waals surface area (Å²) in [4.78, 5) is 12.5. The molecule has 0 bridgehead atoms. The predicted octanol–water partition coefficient (Wildman–Crippen LogP) is 3.98. The van der Waals surface area contributed by atoms with Crippen molar-refractivity contribution in [3.63, 3.8) is 0 Å². The molecule has 1 atom stereocenters. The third-order valence-electron chi connectivity index (χ3n) is 5.18. The van der Waals surface area contributed by atoms with E-state index in [2.05, 4.69) is 20.3 Å². The fourth-order valence-electron chi connectivity index (χ4n) is 3.48. The van der Waals surface area contributed by atoms with Gasteiger partial charge in [0.15, 0.2) is 11.6 Å². The molecule has 0 radical (unpaired) electrons. The minimum Gasteiger partial charge on any atom is -0.393 e. The number of rotatable bonds is 6. The molecule has 10 heteroatoms.